The lowest BCUT2D eigenvalue weighted by atomic mass is 9.77. The van der Waals surface area contributed by atoms with E-state index in [0.29, 0.717) is 18.7 Å². The van der Waals surface area contributed by atoms with Gasteiger partial charge in [-0.05, 0) is 56.4 Å². The van der Waals surface area contributed by atoms with E-state index in [0.717, 1.165) is 51.9 Å². The quantitative estimate of drug-likeness (QED) is 0.878. The molecule has 3 saturated heterocycles. The van der Waals surface area contributed by atoms with Crippen LogP contribution in [0.5, 0.6) is 5.75 Å². The molecule has 2 amide bonds. The van der Waals surface area contributed by atoms with E-state index in [9.17, 15) is 14.7 Å². The summed E-state index contributed by atoms with van der Waals surface area (Å²) in [4.78, 5) is 30.0. The Morgan fingerprint density at radius 2 is 1.85 bits per heavy atom. The Hall–Kier alpha value is -2.08. The summed E-state index contributed by atoms with van der Waals surface area (Å²) in [6.45, 7) is 3.41. The van der Waals surface area contributed by atoms with Crippen molar-refractivity contribution in [2.75, 3.05) is 32.8 Å². The number of phenols is 1. The first-order chi connectivity index (χ1) is 12.6. The predicted molar refractivity (Wildman–Crippen MR) is 95.8 cm³/mol. The zero-order valence-corrected chi connectivity index (χ0v) is 15.0. The van der Waals surface area contributed by atoms with Gasteiger partial charge in [-0.2, -0.15) is 0 Å². The third-order valence-corrected chi connectivity index (χ3v) is 6.16. The molecule has 6 heteroatoms. The average Bonchev–Trinajstić information content (AvgIpc) is 3.10. The van der Waals surface area contributed by atoms with Crippen LogP contribution >= 0.6 is 0 Å². The Labute approximate surface area is 153 Å². The highest BCUT2D eigenvalue weighted by Crippen LogP contribution is 2.41. The molecule has 0 bridgehead atoms. The topological polar surface area (TPSA) is 70.1 Å². The molecule has 0 saturated carbocycles. The van der Waals surface area contributed by atoms with E-state index >= 15 is 0 Å². The van der Waals surface area contributed by atoms with Crippen LogP contribution in [0.3, 0.4) is 0 Å². The summed E-state index contributed by atoms with van der Waals surface area (Å²) in [7, 11) is 0. The Morgan fingerprint density at radius 3 is 2.58 bits per heavy atom. The van der Waals surface area contributed by atoms with Crippen LogP contribution in [0.2, 0.25) is 0 Å². The number of rotatable bonds is 2. The van der Waals surface area contributed by atoms with Crippen molar-refractivity contribution in [1.29, 1.82) is 0 Å². The van der Waals surface area contributed by atoms with Gasteiger partial charge in [0.15, 0.2) is 0 Å². The second-order valence-electron chi connectivity index (χ2n) is 7.75. The number of hydrogen-bond donors (Lipinski definition) is 1. The Balaban J connectivity index is 1.48. The van der Waals surface area contributed by atoms with Gasteiger partial charge in [0.05, 0.1) is 5.41 Å². The molecular weight excluding hydrogens is 332 g/mol. The number of amides is 2. The van der Waals surface area contributed by atoms with Gasteiger partial charge in [-0.1, -0.05) is 0 Å². The third kappa shape index (κ3) is 3.07. The number of nitrogens with zero attached hydrogens (tertiary/aromatic N) is 2. The Morgan fingerprint density at radius 1 is 1.12 bits per heavy atom. The van der Waals surface area contributed by atoms with Gasteiger partial charge in [-0.15, -0.1) is 0 Å². The van der Waals surface area contributed by atoms with Crippen molar-refractivity contribution in [3.63, 3.8) is 0 Å². The number of carbonyl (C=O) groups excluding carboxylic acids is 2. The zero-order valence-electron chi connectivity index (χ0n) is 15.0. The van der Waals surface area contributed by atoms with E-state index in [1.165, 1.54) is 12.1 Å². The highest BCUT2D eigenvalue weighted by Gasteiger charge is 2.50. The molecule has 140 valence electrons. The van der Waals surface area contributed by atoms with Crippen molar-refractivity contribution in [3.8, 4) is 5.75 Å². The van der Waals surface area contributed by atoms with Gasteiger partial charge in [0.25, 0.3) is 5.91 Å². The normalized spacial score (nSPS) is 27.3. The minimum Gasteiger partial charge on any atom is -0.508 e. The molecule has 26 heavy (non-hydrogen) atoms. The molecular formula is C20H26N2O4. The monoisotopic (exact) mass is 358 g/mol. The van der Waals surface area contributed by atoms with Crippen molar-refractivity contribution >= 4 is 11.8 Å². The first-order valence-corrected chi connectivity index (χ1v) is 9.56. The molecule has 1 unspecified atom stereocenters. The number of piperidine rings is 1. The van der Waals surface area contributed by atoms with Crippen LogP contribution in [0.25, 0.3) is 0 Å². The van der Waals surface area contributed by atoms with Gasteiger partial charge in [0, 0.05) is 44.5 Å². The predicted octanol–water partition coefficient (Wildman–Crippen LogP) is 2.03. The fourth-order valence-corrected chi connectivity index (χ4v) is 4.66. The molecule has 4 rings (SSSR count). The standard InChI is InChI=1S/C20H26N2O4/c23-17-4-2-15(3-5-17)18(24)21-11-9-20(14-21)8-1-10-22(19(20)25)16-6-12-26-13-7-16/h2-5,16,23H,1,6-14H2. The van der Waals surface area contributed by atoms with E-state index in [-0.39, 0.29) is 23.6 Å². The van der Waals surface area contributed by atoms with Crippen LogP contribution in [0.15, 0.2) is 24.3 Å². The van der Waals surface area contributed by atoms with Crippen molar-refractivity contribution in [3.05, 3.63) is 29.8 Å². The van der Waals surface area contributed by atoms with Crippen molar-refractivity contribution in [2.45, 2.75) is 38.1 Å². The number of aromatic hydroxyl groups is 1. The van der Waals surface area contributed by atoms with E-state index < -0.39 is 5.41 Å². The maximum absolute atomic E-state index is 13.3. The summed E-state index contributed by atoms with van der Waals surface area (Å²) >= 11 is 0. The Kier molecular flexibility index (Phi) is 4.61. The van der Waals surface area contributed by atoms with Gasteiger partial charge >= 0.3 is 0 Å². The molecule has 1 atom stereocenters. The lowest BCUT2D eigenvalue weighted by Gasteiger charge is -2.44. The fraction of sp³-hybridized carbons (Fsp3) is 0.600. The van der Waals surface area contributed by atoms with Crippen molar-refractivity contribution < 1.29 is 19.4 Å². The van der Waals surface area contributed by atoms with Gasteiger partial charge in [0.1, 0.15) is 5.75 Å². The zero-order chi connectivity index (χ0) is 18.1. The molecule has 3 aliphatic rings. The Bertz CT molecular complexity index is 684. The van der Waals surface area contributed by atoms with Crippen LogP contribution in [0, 0.1) is 5.41 Å². The number of benzene rings is 1. The molecule has 0 radical (unpaired) electrons. The second kappa shape index (κ2) is 6.91. The molecule has 1 aromatic rings. The van der Waals surface area contributed by atoms with Gasteiger partial charge in [-0.3, -0.25) is 9.59 Å². The van der Waals surface area contributed by atoms with Crippen LogP contribution in [-0.2, 0) is 9.53 Å². The average molecular weight is 358 g/mol. The molecule has 0 aliphatic carbocycles. The molecule has 1 aromatic carbocycles. The number of ether oxygens (including phenoxy) is 1. The van der Waals surface area contributed by atoms with Crippen molar-refractivity contribution in [1.82, 2.24) is 9.80 Å². The van der Waals surface area contributed by atoms with E-state index in [4.69, 9.17) is 4.74 Å². The van der Waals surface area contributed by atoms with Gasteiger partial charge in [0.2, 0.25) is 5.91 Å². The number of carbonyl (C=O) groups is 2. The van der Waals surface area contributed by atoms with Gasteiger partial charge < -0.3 is 19.6 Å². The lowest BCUT2D eigenvalue weighted by molar-refractivity contribution is -0.150. The SMILES string of the molecule is O=C(c1ccc(O)cc1)N1CCC2(CCCN(C3CCOCC3)C2=O)C1. The highest BCUT2D eigenvalue weighted by atomic mass is 16.5. The molecule has 3 aliphatic heterocycles. The van der Waals surface area contributed by atoms with E-state index in [2.05, 4.69) is 4.90 Å². The second-order valence-corrected chi connectivity index (χ2v) is 7.75. The summed E-state index contributed by atoms with van der Waals surface area (Å²) in [5, 5.41) is 9.41. The number of likely N-dealkylation sites (tertiary alicyclic amines) is 2. The minimum atomic E-state index is -0.414. The minimum absolute atomic E-state index is 0.0575. The fourth-order valence-electron chi connectivity index (χ4n) is 4.66. The number of hydrogen-bond acceptors (Lipinski definition) is 4. The van der Waals surface area contributed by atoms with Gasteiger partial charge in [-0.25, -0.2) is 0 Å². The van der Waals surface area contributed by atoms with Crippen LogP contribution in [0.1, 0.15) is 42.5 Å². The molecule has 3 heterocycles. The molecule has 3 fully saturated rings. The van der Waals surface area contributed by atoms with E-state index in [1.807, 2.05) is 0 Å². The first-order valence-electron chi connectivity index (χ1n) is 9.56. The number of phenolic OH excluding ortho intramolecular Hbond substituents is 1. The summed E-state index contributed by atoms with van der Waals surface area (Å²) in [6, 6.07) is 6.62. The van der Waals surface area contributed by atoms with Crippen LogP contribution < -0.4 is 0 Å². The molecule has 1 N–H and O–H groups in total. The smallest absolute Gasteiger partial charge is 0.253 e. The maximum atomic E-state index is 13.3. The van der Waals surface area contributed by atoms with Crippen molar-refractivity contribution in [2.24, 2.45) is 5.41 Å². The maximum Gasteiger partial charge on any atom is 0.253 e. The van der Waals surface area contributed by atoms with Crippen LogP contribution in [0.4, 0.5) is 0 Å². The highest BCUT2D eigenvalue weighted by molar-refractivity contribution is 5.95. The molecule has 6 nitrogen and oxygen atoms in total. The van der Waals surface area contributed by atoms with Crippen LogP contribution in [-0.4, -0.2) is 65.6 Å². The molecule has 0 aromatic heterocycles. The summed E-state index contributed by atoms with van der Waals surface area (Å²) in [5.74, 6) is 0.323. The first kappa shape index (κ1) is 17.3. The summed E-state index contributed by atoms with van der Waals surface area (Å²) in [5.41, 5.74) is 0.146. The summed E-state index contributed by atoms with van der Waals surface area (Å²) in [6.07, 6.45) is 4.45. The third-order valence-electron chi connectivity index (χ3n) is 6.16. The largest absolute Gasteiger partial charge is 0.508 e. The van der Waals surface area contributed by atoms with E-state index in [1.54, 1.807) is 17.0 Å². The summed E-state index contributed by atoms with van der Waals surface area (Å²) < 4.78 is 5.44. The lowest BCUT2D eigenvalue weighted by Crippen LogP contribution is -2.55. The molecule has 1 spiro atoms.